The van der Waals surface area contributed by atoms with E-state index in [0.29, 0.717) is 19.6 Å². The maximum Gasteiger partial charge on any atom is 0.323 e. The number of hydrogen-bond donors (Lipinski definition) is 2. The average molecular weight is 265 g/mol. The SMILES string of the molecule is CCC(C)(NCCOc1cc(C)ccc1C)C(=O)O. The molecule has 1 atom stereocenters. The first-order chi connectivity index (χ1) is 8.89. The van der Waals surface area contributed by atoms with Crippen molar-refractivity contribution >= 4 is 5.97 Å². The Bertz CT molecular complexity index is 445. The molecule has 0 saturated heterocycles. The third-order valence-corrected chi connectivity index (χ3v) is 3.40. The Morgan fingerprint density at radius 3 is 2.68 bits per heavy atom. The number of ether oxygens (including phenoxy) is 1. The van der Waals surface area contributed by atoms with Crippen molar-refractivity contribution in [2.75, 3.05) is 13.2 Å². The number of aryl methyl sites for hydroxylation is 2. The third kappa shape index (κ3) is 4.24. The minimum absolute atomic E-state index is 0.452. The molecule has 4 nitrogen and oxygen atoms in total. The molecule has 0 spiro atoms. The first-order valence-corrected chi connectivity index (χ1v) is 6.57. The van der Waals surface area contributed by atoms with E-state index >= 15 is 0 Å². The van der Waals surface area contributed by atoms with Crippen LogP contribution in [0.25, 0.3) is 0 Å². The second kappa shape index (κ2) is 6.57. The van der Waals surface area contributed by atoms with Gasteiger partial charge in [0, 0.05) is 6.54 Å². The maximum absolute atomic E-state index is 11.1. The summed E-state index contributed by atoms with van der Waals surface area (Å²) in [4.78, 5) is 11.1. The van der Waals surface area contributed by atoms with Gasteiger partial charge in [-0.05, 0) is 44.4 Å². The van der Waals surface area contributed by atoms with Gasteiger partial charge in [-0.1, -0.05) is 19.1 Å². The van der Waals surface area contributed by atoms with Crippen LogP contribution in [0, 0.1) is 13.8 Å². The first-order valence-electron chi connectivity index (χ1n) is 6.57. The molecule has 1 rings (SSSR count). The zero-order valence-corrected chi connectivity index (χ0v) is 12.1. The van der Waals surface area contributed by atoms with E-state index in [1.807, 2.05) is 39.0 Å². The molecule has 0 aliphatic rings. The van der Waals surface area contributed by atoms with Gasteiger partial charge in [0.05, 0.1) is 0 Å². The van der Waals surface area contributed by atoms with Crippen molar-refractivity contribution < 1.29 is 14.6 Å². The first kappa shape index (κ1) is 15.5. The molecule has 1 unspecified atom stereocenters. The van der Waals surface area contributed by atoms with Gasteiger partial charge in [-0.25, -0.2) is 0 Å². The monoisotopic (exact) mass is 265 g/mol. The largest absolute Gasteiger partial charge is 0.492 e. The summed E-state index contributed by atoms with van der Waals surface area (Å²) in [5, 5.41) is 12.2. The van der Waals surface area contributed by atoms with Crippen molar-refractivity contribution in [1.82, 2.24) is 5.32 Å². The molecule has 1 aromatic rings. The Kier molecular flexibility index (Phi) is 5.36. The minimum Gasteiger partial charge on any atom is -0.492 e. The Balaban J connectivity index is 2.47. The summed E-state index contributed by atoms with van der Waals surface area (Å²) in [6, 6.07) is 6.05. The highest BCUT2D eigenvalue weighted by Gasteiger charge is 2.29. The van der Waals surface area contributed by atoms with Gasteiger partial charge in [-0.3, -0.25) is 10.1 Å². The lowest BCUT2D eigenvalue weighted by atomic mass is 9.99. The molecule has 0 saturated carbocycles. The molecule has 0 fully saturated rings. The molecule has 19 heavy (non-hydrogen) atoms. The Morgan fingerprint density at radius 1 is 1.42 bits per heavy atom. The van der Waals surface area contributed by atoms with Gasteiger partial charge in [0.25, 0.3) is 0 Å². The van der Waals surface area contributed by atoms with E-state index in [9.17, 15) is 4.79 Å². The molecule has 106 valence electrons. The lowest BCUT2D eigenvalue weighted by molar-refractivity contribution is -0.144. The van der Waals surface area contributed by atoms with Crippen LogP contribution in [0.3, 0.4) is 0 Å². The summed E-state index contributed by atoms with van der Waals surface area (Å²) in [5.74, 6) is 0.0251. The molecule has 2 N–H and O–H groups in total. The van der Waals surface area contributed by atoms with Crippen molar-refractivity contribution in [3.8, 4) is 5.75 Å². The summed E-state index contributed by atoms with van der Waals surface area (Å²) in [6.45, 7) is 8.51. The Morgan fingerprint density at radius 2 is 2.11 bits per heavy atom. The van der Waals surface area contributed by atoms with Crippen molar-refractivity contribution in [2.45, 2.75) is 39.7 Å². The van der Waals surface area contributed by atoms with E-state index in [-0.39, 0.29) is 0 Å². The van der Waals surface area contributed by atoms with Crippen LogP contribution < -0.4 is 10.1 Å². The van der Waals surface area contributed by atoms with Crippen molar-refractivity contribution in [2.24, 2.45) is 0 Å². The van der Waals surface area contributed by atoms with E-state index < -0.39 is 11.5 Å². The van der Waals surface area contributed by atoms with Crippen molar-refractivity contribution in [1.29, 1.82) is 0 Å². The van der Waals surface area contributed by atoms with Crippen LogP contribution in [0.15, 0.2) is 18.2 Å². The van der Waals surface area contributed by atoms with Gasteiger partial charge in [0.1, 0.15) is 17.9 Å². The number of hydrogen-bond acceptors (Lipinski definition) is 3. The molecule has 1 aromatic carbocycles. The lowest BCUT2D eigenvalue weighted by Crippen LogP contribution is -2.50. The number of benzene rings is 1. The summed E-state index contributed by atoms with van der Waals surface area (Å²) in [6.07, 6.45) is 0.534. The molecular formula is C15H23NO3. The predicted molar refractivity (Wildman–Crippen MR) is 75.7 cm³/mol. The third-order valence-electron chi connectivity index (χ3n) is 3.40. The van der Waals surface area contributed by atoms with Crippen LogP contribution in [0.1, 0.15) is 31.4 Å². The van der Waals surface area contributed by atoms with E-state index in [1.165, 1.54) is 0 Å². The number of aliphatic carboxylic acids is 1. The zero-order chi connectivity index (χ0) is 14.5. The van der Waals surface area contributed by atoms with E-state index in [1.54, 1.807) is 6.92 Å². The predicted octanol–water partition coefficient (Wildman–Crippen LogP) is 2.53. The normalized spacial score (nSPS) is 13.9. The standard InChI is InChI=1S/C15H23NO3/c1-5-15(4,14(17)18)16-8-9-19-13-10-11(2)6-7-12(13)3/h6-7,10,16H,5,8-9H2,1-4H3,(H,17,18). The Labute approximate surface area is 114 Å². The summed E-state index contributed by atoms with van der Waals surface area (Å²) in [7, 11) is 0. The fourth-order valence-electron chi connectivity index (χ4n) is 1.70. The van der Waals surface area contributed by atoms with E-state index in [0.717, 1.165) is 16.9 Å². The van der Waals surface area contributed by atoms with Crippen LogP contribution in [0.2, 0.25) is 0 Å². The van der Waals surface area contributed by atoms with Crippen LogP contribution >= 0.6 is 0 Å². The summed E-state index contributed by atoms with van der Waals surface area (Å²) >= 11 is 0. The molecule has 0 aliphatic heterocycles. The second-order valence-electron chi connectivity index (χ2n) is 5.04. The van der Waals surface area contributed by atoms with E-state index in [2.05, 4.69) is 5.32 Å². The second-order valence-corrected chi connectivity index (χ2v) is 5.04. The van der Waals surface area contributed by atoms with E-state index in [4.69, 9.17) is 9.84 Å². The molecule has 0 radical (unpaired) electrons. The van der Waals surface area contributed by atoms with Crippen LogP contribution in [-0.4, -0.2) is 29.8 Å². The van der Waals surface area contributed by atoms with Gasteiger partial charge in [-0.15, -0.1) is 0 Å². The fraction of sp³-hybridized carbons (Fsp3) is 0.533. The molecule has 4 heteroatoms. The van der Waals surface area contributed by atoms with Crippen molar-refractivity contribution in [3.63, 3.8) is 0 Å². The Hall–Kier alpha value is -1.55. The quantitative estimate of drug-likeness (QED) is 0.744. The van der Waals surface area contributed by atoms with Gasteiger partial charge in [-0.2, -0.15) is 0 Å². The minimum atomic E-state index is -0.884. The highest BCUT2D eigenvalue weighted by molar-refractivity contribution is 5.78. The molecule has 0 amide bonds. The summed E-state index contributed by atoms with van der Waals surface area (Å²) in [5.41, 5.74) is 1.35. The van der Waals surface area contributed by atoms with Gasteiger partial charge in [0.2, 0.25) is 0 Å². The van der Waals surface area contributed by atoms with Crippen LogP contribution in [-0.2, 0) is 4.79 Å². The maximum atomic E-state index is 11.1. The highest BCUT2D eigenvalue weighted by Crippen LogP contribution is 2.18. The lowest BCUT2D eigenvalue weighted by Gasteiger charge is -2.24. The number of carboxylic acid groups (broad SMARTS) is 1. The molecule has 0 bridgehead atoms. The number of rotatable bonds is 7. The topological polar surface area (TPSA) is 58.6 Å². The summed E-state index contributed by atoms with van der Waals surface area (Å²) < 4.78 is 5.68. The van der Waals surface area contributed by atoms with Gasteiger partial charge < -0.3 is 9.84 Å². The van der Waals surface area contributed by atoms with Crippen molar-refractivity contribution in [3.05, 3.63) is 29.3 Å². The van der Waals surface area contributed by atoms with Gasteiger partial charge in [0.15, 0.2) is 0 Å². The van der Waals surface area contributed by atoms with Gasteiger partial charge >= 0.3 is 5.97 Å². The fourth-order valence-corrected chi connectivity index (χ4v) is 1.70. The molecular weight excluding hydrogens is 242 g/mol. The van der Waals surface area contributed by atoms with Crippen LogP contribution in [0.4, 0.5) is 0 Å². The van der Waals surface area contributed by atoms with Crippen LogP contribution in [0.5, 0.6) is 5.75 Å². The molecule has 0 aliphatic carbocycles. The highest BCUT2D eigenvalue weighted by atomic mass is 16.5. The smallest absolute Gasteiger partial charge is 0.323 e. The molecule has 0 heterocycles. The molecule has 0 aromatic heterocycles. The average Bonchev–Trinajstić information content (AvgIpc) is 2.38. The number of carboxylic acids is 1. The number of carbonyl (C=O) groups is 1. The zero-order valence-electron chi connectivity index (χ0n) is 12.1. The number of nitrogens with one attached hydrogen (secondary N) is 1.